The van der Waals surface area contributed by atoms with Gasteiger partial charge >= 0.3 is 11.9 Å². The van der Waals surface area contributed by atoms with Gasteiger partial charge in [-0.15, -0.1) is 0 Å². The number of hydrogen-bond acceptors (Lipinski definition) is 11. The molecule has 0 radical (unpaired) electrons. The van der Waals surface area contributed by atoms with Gasteiger partial charge in [0, 0.05) is 12.8 Å². The molecule has 1 fully saturated rings. The van der Waals surface area contributed by atoms with Crippen LogP contribution >= 0.6 is 0 Å². The summed E-state index contributed by atoms with van der Waals surface area (Å²) in [4.78, 5) is 25.2. The fourth-order valence-corrected chi connectivity index (χ4v) is 6.49. The van der Waals surface area contributed by atoms with Crippen LogP contribution in [0.4, 0.5) is 0 Å². The van der Waals surface area contributed by atoms with Crippen molar-refractivity contribution < 1.29 is 56.8 Å². The van der Waals surface area contributed by atoms with Crippen LogP contribution in [0.2, 0.25) is 0 Å². The molecule has 0 amide bonds. The Labute approximate surface area is 319 Å². The van der Waals surface area contributed by atoms with E-state index in [0.29, 0.717) is 12.8 Å². The molecule has 0 bridgehead atoms. The maximum absolute atomic E-state index is 12.7. The zero-order valence-electron chi connectivity index (χ0n) is 32.4. The molecular formula is C40H70O12S. The highest BCUT2D eigenvalue weighted by Gasteiger charge is 2.46. The molecule has 2 unspecified atom stereocenters. The molecule has 53 heavy (non-hydrogen) atoms. The highest BCUT2D eigenvalue weighted by atomic mass is 32.2. The minimum atomic E-state index is -4.60. The molecule has 0 spiro atoms. The van der Waals surface area contributed by atoms with Gasteiger partial charge in [0.2, 0.25) is 0 Å². The SMILES string of the molecule is CCCCC/C=C/C/C=C/C/C=C/CCCCC(=O)O[C@H](COC(=O)CCCCCCCCCCCC)CO[C@H]1O[C@H](CS(=O)(=O)O)[C@@H](O)C(O)C1O. The molecule has 4 N–H and O–H groups in total. The average Bonchev–Trinajstić information content (AvgIpc) is 3.12. The van der Waals surface area contributed by atoms with Gasteiger partial charge in [-0.1, -0.05) is 121 Å². The summed E-state index contributed by atoms with van der Waals surface area (Å²) in [6.45, 7) is 3.65. The lowest BCUT2D eigenvalue weighted by Gasteiger charge is -2.40. The van der Waals surface area contributed by atoms with Crippen molar-refractivity contribution in [2.45, 2.75) is 185 Å². The van der Waals surface area contributed by atoms with Crippen molar-refractivity contribution in [3.63, 3.8) is 0 Å². The van der Waals surface area contributed by atoms with Gasteiger partial charge in [-0.05, 0) is 51.4 Å². The standard InChI is InChI=1S/C40H70O12S/c1-3-5-7-9-11-13-15-16-17-18-19-21-23-25-27-29-36(42)51-33(30-49-35(41)28-26-24-22-20-14-12-10-8-6-4-2)31-50-40-39(45)38(44)37(43)34(52-40)32-53(46,47)48/h11,13,16-17,19,21,33-34,37-40,43-45H,3-10,12,14-15,18,20,22-32H2,1-2H3,(H,46,47,48)/b13-11+,17-16+,21-19+/t33-,34-,37-,38?,39?,40+/m1/s1. The Hall–Kier alpha value is -2.13. The summed E-state index contributed by atoms with van der Waals surface area (Å²) in [5.41, 5.74) is 0. The van der Waals surface area contributed by atoms with Crippen LogP contribution in [0, 0.1) is 0 Å². The van der Waals surface area contributed by atoms with Crippen LogP contribution in [0.5, 0.6) is 0 Å². The molecular weight excluding hydrogens is 704 g/mol. The van der Waals surface area contributed by atoms with Gasteiger partial charge in [-0.2, -0.15) is 8.42 Å². The molecule has 1 saturated heterocycles. The monoisotopic (exact) mass is 774 g/mol. The molecule has 0 aromatic heterocycles. The number of hydrogen-bond donors (Lipinski definition) is 4. The third-order valence-corrected chi connectivity index (χ3v) is 9.72. The summed E-state index contributed by atoms with van der Waals surface area (Å²) >= 11 is 0. The fraction of sp³-hybridized carbons (Fsp3) is 0.800. The second-order valence-electron chi connectivity index (χ2n) is 14.0. The molecule has 0 aromatic carbocycles. The third-order valence-electron chi connectivity index (χ3n) is 8.97. The lowest BCUT2D eigenvalue weighted by Crippen LogP contribution is -2.60. The minimum Gasteiger partial charge on any atom is -0.462 e. The second kappa shape index (κ2) is 31.1. The van der Waals surface area contributed by atoms with Gasteiger partial charge in [0.05, 0.1) is 6.61 Å². The fourth-order valence-electron chi connectivity index (χ4n) is 5.80. The molecule has 0 saturated carbocycles. The number of allylic oxidation sites excluding steroid dienone is 6. The number of carbonyl (C=O) groups is 2. The molecule has 6 atom stereocenters. The molecule has 0 aliphatic carbocycles. The summed E-state index contributed by atoms with van der Waals surface area (Å²) in [6, 6.07) is 0. The van der Waals surface area contributed by atoms with Crippen molar-refractivity contribution in [2.75, 3.05) is 19.0 Å². The van der Waals surface area contributed by atoms with Crippen LogP contribution in [0.1, 0.15) is 149 Å². The van der Waals surface area contributed by atoms with E-state index in [2.05, 4.69) is 50.3 Å². The lowest BCUT2D eigenvalue weighted by atomic mass is 10.00. The number of aliphatic hydroxyl groups excluding tert-OH is 3. The van der Waals surface area contributed by atoms with E-state index in [0.717, 1.165) is 51.4 Å². The maximum atomic E-state index is 12.7. The summed E-state index contributed by atoms with van der Waals surface area (Å²) < 4.78 is 53.8. The van der Waals surface area contributed by atoms with E-state index < -0.39 is 71.2 Å². The predicted octanol–water partition coefficient (Wildman–Crippen LogP) is 7.05. The molecule has 1 aliphatic heterocycles. The van der Waals surface area contributed by atoms with Crippen molar-refractivity contribution >= 4 is 22.1 Å². The zero-order valence-corrected chi connectivity index (χ0v) is 33.2. The maximum Gasteiger partial charge on any atom is 0.306 e. The lowest BCUT2D eigenvalue weighted by molar-refractivity contribution is -0.297. The van der Waals surface area contributed by atoms with Gasteiger partial charge in [0.15, 0.2) is 12.4 Å². The van der Waals surface area contributed by atoms with Gasteiger partial charge < -0.3 is 34.3 Å². The molecule has 1 aliphatic rings. The number of unbranched alkanes of at least 4 members (excludes halogenated alkanes) is 14. The second-order valence-corrected chi connectivity index (χ2v) is 15.4. The van der Waals surface area contributed by atoms with Crippen LogP contribution in [-0.4, -0.2) is 96.0 Å². The molecule has 0 aromatic rings. The van der Waals surface area contributed by atoms with E-state index in [1.54, 1.807) is 0 Å². The highest BCUT2D eigenvalue weighted by molar-refractivity contribution is 7.85. The van der Waals surface area contributed by atoms with Gasteiger partial charge in [-0.25, -0.2) is 0 Å². The highest BCUT2D eigenvalue weighted by Crippen LogP contribution is 2.24. The topological polar surface area (TPSA) is 186 Å². The van der Waals surface area contributed by atoms with Crippen molar-refractivity contribution in [1.82, 2.24) is 0 Å². The molecule has 12 nitrogen and oxygen atoms in total. The summed E-state index contributed by atoms with van der Waals surface area (Å²) in [7, 11) is -4.60. The number of ether oxygens (including phenoxy) is 4. The summed E-state index contributed by atoms with van der Waals surface area (Å²) in [5, 5.41) is 30.7. The normalized spacial score (nSPS) is 21.5. The average molecular weight is 775 g/mol. The third kappa shape index (κ3) is 26.3. The largest absolute Gasteiger partial charge is 0.462 e. The molecule has 1 heterocycles. The quantitative estimate of drug-likeness (QED) is 0.0237. The van der Waals surface area contributed by atoms with E-state index in [4.69, 9.17) is 18.9 Å². The van der Waals surface area contributed by atoms with Gasteiger partial charge in [0.25, 0.3) is 10.1 Å². The number of esters is 2. The van der Waals surface area contributed by atoms with E-state index in [9.17, 15) is 37.9 Å². The predicted molar refractivity (Wildman–Crippen MR) is 206 cm³/mol. The summed E-state index contributed by atoms with van der Waals surface area (Å²) in [5.74, 6) is -2.04. The first-order valence-corrected chi connectivity index (χ1v) is 21.7. The first kappa shape index (κ1) is 48.9. The zero-order chi connectivity index (χ0) is 39.2. The molecule has 13 heteroatoms. The smallest absolute Gasteiger partial charge is 0.306 e. The van der Waals surface area contributed by atoms with E-state index >= 15 is 0 Å². The van der Waals surface area contributed by atoms with E-state index in [-0.39, 0.29) is 19.4 Å². The first-order valence-electron chi connectivity index (χ1n) is 20.0. The van der Waals surface area contributed by atoms with Gasteiger partial charge in [0.1, 0.15) is 36.8 Å². The van der Waals surface area contributed by atoms with Gasteiger partial charge in [-0.3, -0.25) is 14.1 Å². The minimum absolute atomic E-state index is 0.116. The molecule has 1 rings (SSSR count). The Morgan fingerprint density at radius 1 is 0.642 bits per heavy atom. The Kier molecular flexibility index (Phi) is 28.7. The Bertz CT molecular complexity index is 1140. The first-order chi connectivity index (χ1) is 25.5. The van der Waals surface area contributed by atoms with Crippen molar-refractivity contribution in [2.24, 2.45) is 0 Å². The van der Waals surface area contributed by atoms with Crippen LogP contribution in [0.25, 0.3) is 0 Å². The van der Waals surface area contributed by atoms with E-state index in [1.165, 1.54) is 57.8 Å². The molecule has 308 valence electrons. The number of carbonyl (C=O) groups excluding carboxylic acids is 2. The van der Waals surface area contributed by atoms with E-state index in [1.807, 2.05) is 0 Å². The Balaban J connectivity index is 2.55. The van der Waals surface area contributed by atoms with Crippen LogP contribution < -0.4 is 0 Å². The number of aliphatic hydroxyl groups is 3. The Morgan fingerprint density at radius 2 is 1.13 bits per heavy atom. The van der Waals surface area contributed by atoms with Crippen molar-refractivity contribution in [3.8, 4) is 0 Å². The summed E-state index contributed by atoms with van der Waals surface area (Å²) in [6.07, 6.45) is 23.5. The van der Waals surface area contributed by atoms with Crippen LogP contribution in [0.15, 0.2) is 36.5 Å². The van der Waals surface area contributed by atoms with Crippen molar-refractivity contribution in [3.05, 3.63) is 36.5 Å². The van der Waals surface area contributed by atoms with Crippen LogP contribution in [0.3, 0.4) is 0 Å². The van der Waals surface area contributed by atoms with Crippen molar-refractivity contribution in [1.29, 1.82) is 0 Å². The number of rotatable bonds is 32. The van der Waals surface area contributed by atoms with Crippen LogP contribution in [-0.2, 0) is 38.7 Å². The Morgan fingerprint density at radius 3 is 1.72 bits per heavy atom.